The summed E-state index contributed by atoms with van der Waals surface area (Å²) in [4.78, 5) is 4.46. The maximum atomic E-state index is 5.65. The van der Waals surface area contributed by atoms with Crippen LogP contribution in [0.2, 0.25) is 0 Å². The maximum absolute atomic E-state index is 5.65. The number of hydrogen-bond acceptors (Lipinski definition) is 3. The van der Waals surface area contributed by atoms with Gasteiger partial charge in [-0.15, -0.1) is 0 Å². The monoisotopic (exact) mass is 170 g/mol. The molecular formula is C8H14N2S. The van der Waals surface area contributed by atoms with E-state index in [4.69, 9.17) is 5.73 Å². The molecule has 3 heteroatoms. The van der Waals surface area contributed by atoms with Crippen molar-refractivity contribution in [3.63, 3.8) is 0 Å². The molecular weight excluding hydrogens is 156 g/mol. The second-order valence-electron chi connectivity index (χ2n) is 3.39. The third-order valence-corrected chi connectivity index (χ3v) is 3.60. The first-order chi connectivity index (χ1) is 5.36. The molecule has 0 bridgehead atoms. The molecule has 0 amide bonds. The Hall–Kier alpha value is -0.180. The Kier molecular flexibility index (Phi) is 2.07. The van der Waals surface area contributed by atoms with Crippen LogP contribution < -0.4 is 5.73 Å². The average molecular weight is 170 g/mol. The van der Waals surface area contributed by atoms with Gasteiger partial charge in [0.1, 0.15) is 0 Å². The van der Waals surface area contributed by atoms with Crippen molar-refractivity contribution in [2.24, 2.45) is 16.6 Å². The average Bonchev–Trinajstić information content (AvgIpc) is 2.04. The van der Waals surface area contributed by atoms with Crippen LogP contribution in [0, 0.1) is 5.92 Å². The summed E-state index contributed by atoms with van der Waals surface area (Å²) < 4.78 is 0. The summed E-state index contributed by atoms with van der Waals surface area (Å²) >= 11 is 1.73. The molecule has 0 aromatic rings. The van der Waals surface area contributed by atoms with Gasteiger partial charge in [-0.1, -0.05) is 24.6 Å². The minimum absolute atomic E-state index is 0.574. The highest BCUT2D eigenvalue weighted by Gasteiger charge is 2.27. The third kappa shape index (κ3) is 1.53. The first-order valence-electron chi connectivity index (χ1n) is 4.32. The lowest BCUT2D eigenvalue weighted by Gasteiger charge is -2.31. The maximum Gasteiger partial charge on any atom is 0.154 e. The smallest absolute Gasteiger partial charge is 0.154 e. The van der Waals surface area contributed by atoms with E-state index in [0.29, 0.717) is 6.04 Å². The second kappa shape index (κ2) is 3.05. The van der Waals surface area contributed by atoms with Crippen LogP contribution in [0.15, 0.2) is 4.99 Å². The zero-order chi connectivity index (χ0) is 7.68. The number of hydrogen-bond donors (Lipinski definition) is 1. The van der Waals surface area contributed by atoms with Crippen molar-refractivity contribution < 1.29 is 0 Å². The van der Waals surface area contributed by atoms with Crippen LogP contribution in [0.25, 0.3) is 0 Å². The molecule has 11 heavy (non-hydrogen) atoms. The van der Waals surface area contributed by atoms with Gasteiger partial charge < -0.3 is 5.73 Å². The second-order valence-corrected chi connectivity index (χ2v) is 4.43. The Balaban J connectivity index is 2.07. The molecule has 0 unspecified atom stereocenters. The number of fused-ring (bicyclic) bond motifs is 1. The number of rotatable bonds is 0. The van der Waals surface area contributed by atoms with Crippen molar-refractivity contribution in [3.05, 3.63) is 0 Å². The van der Waals surface area contributed by atoms with Crippen LogP contribution in [-0.2, 0) is 0 Å². The van der Waals surface area contributed by atoms with E-state index in [1.807, 2.05) is 0 Å². The van der Waals surface area contributed by atoms with Crippen molar-refractivity contribution in [2.75, 3.05) is 5.75 Å². The fourth-order valence-corrected chi connectivity index (χ4v) is 2.93. The summed E-state index contributed by atoms with van der Waals surface area (Å²) in [5.41, 5.74) is 5.65. The first-order valence-corrected chi connectivity index (χ1v) is 5.31. The minimum atomic E-state index is 0.574. The molecule has 1 aliphatic heterocycles. The number of amidine groups is 1. The zero-order valence-electron chi connectivity index (χ0n) is 6.62. The Morgan fingerprint density at radius 3 is 3.09 bits per heavy atom. The molecule has 2 nitrogen and oxygen atoms in total. The molecule has 2 atom stereocenters. The predicted octanol–water partition coefficient (Wildman–Crippen LogP) is 1.61. The van der Waals surface area contributed by atoms with Crippen LogP contribution in [0.3, 0.4) is 0 Å². The Morgan fingerprint density at radius 1 is 1.36 bits per heavy atom. The van der Waals surface area contributed by atoms with Crippen LogP contribution in [0.1, 0.15) is 25.7 Å². The Bertz CT molecular complexity index is 179. The third-order valence-electron chi connectivity index (χ3n) is 2.61. The highest BCUT2D eigenvalue weighted by molar-refractivity contribution is 8.13. The largest absolute Gasteiger partial charge is 0.379 e. The summed E-state index contributed by atoms with van der Waals surface area (Å²) in [6.45, 7) is 0. The van der Waals surface area contributed by atoms with E-state index in [0.717, 1.165) is 11.1 Å². The molecule has 0 saturated heterocycles. The molecule has 1 aliphatic carbocycles. The number of thioether (sulfide) groups is 1. The summed E-state index contributed by atoms with van der Waals surface area (Å²) in [7, 11) is 0. The molecule has 2 aliphatic rings. The van der Waals surface area contributed by atoms with Gasteiger partial charge >= 0.3 is 0 Å². The Labute approximate surface area is 71.6 Å². The van der Waals surface area contributed by atoms with Gasteiger partial charge in [0, 0.05) is 5.75 Å². The van der Waals surface area contributed by atoms with E-state index in [2.05, 4.69) is 4.99 Å². The van der Waals surface area contributed by atoms with Crippen molar-refractivity contribution >= 4 is 16.9 Å². The topological polar surface area (TPSA) is 38.4 Å². The molecule has 0 aromatic carbocycles. The van der Waals surface area contributed by atoms with Crippen LogP contribution in [0.4, 0.5) is 0 Å². The zero-order valence-corrected chi connectivity index (χ0v) is 7.44. The molecule has 62 valence electrons. The van der Waals surface area contributed by atoms with E-state index >= 15 is 0 Å². The summed E-state index contributed by atoms with van der Waals surface area (Å²) in [6, 6.07) is 0.574. The molecule has 0 radical (unpaired) electrons. The van der Waals surface area contributed by atoms with Gasteiger partial charge in [-0.3, -0.25) is 4.99 Å². The molecule has 0 spiro atoms. The van der Waals surface area contributed by atoms with E-state index in [1.54, 1.807) is 11.8 Å². The fraction of sp³-hybridized carbons (Fsp3) is 0.875. The van der Waals surface area contributed by atoms with Crippen molar-refractivity contribution in [2.45, 2.75) is 31.7 Å². The first kappa shape index (κ1) is 7.47. The van der Waals surface area contributed by atoms with Gasteiger partial charge in [0.05, 0.1) is 6.04 Å². The predicted molar refractivity (Wildman–Crippen MR) is 49.8 cm³/mol. The summed E-state index contributed by atoms with van der Waals surface area (Å²) in [6.07, 6.45) is 5.39. The van der Waals surface area contributed by atoms with Crippen LogP contribution in [-0.4, -0.2) is 17.0 Å². The molecule has 1 heterocycles. The van der Waals surface area contributed by atoms with Gasteiger partial charge in [-0.05, 0) is 18.8 Å². The van der Waals surface area contributed by atoms with Crippen molar-refractivity contribution in [3.8, 4) is 0 Å². The van der Waals surface area contributed by atoms with Gasteiger partial charge in [0.25, 0.3) is 0 Å². The minimum Gasteiger partial charge on any atom is -0.379 e. The molecule has 2 N–H and O–H groups in total. The number of nitrogens with zero attached hydrogens (tertiary/aromatic N) is 1. The number of aliphatic imine (C=N–C) groups is 1. The summed E-state index contributed by atoms with van der Waals surface area (Å²) in [5.74, 6) is 2.04. The molecule has 2 rings (SSSR count). The standard InChI is InChI=1S/C8H14N2S/c9-8-10-7-4-2-1-3-6(7)5-11-8/h6-7H,1-5H2,(H2,9,10)/t6-,7+/m0/s1. The van der Waals surface area contributed by atoms with Crippen LogP contribution in [0.5, 0.6) is 0 Å². The van der Waals surface area contributed by atoms with Gasteiger partial charge in [-0.2, -0.15) is 0 Å². The van der Waals surface area contributed by atoms with Crippen molar-refractivity contribution in [1.29, 1.82) is 0 Å². The molecule has 1 fully saturated rings. The molecule has 0 aromatic heterocycles. The van der Waals surface area contributed by atoms with Gasteiger partial charge in [-0.25, -0.2) is 0 Å². The number of nitrogens with two attached hydrogens (primary N) is 1. The Morgan fingerprint density at radius 2 is 2.18 bits per heavy atom. The van der Waals surface area contributed by atoms with E-state index < -0.39 is 0 Å². The molecule has 1 saturated carbocycles. The normalized spacial score (nSPS) is 37.6. The van der Waals surface area contributed by atoms with Crippen molar-refractivity contribution in [1.82, 2.24) is 0 Å². The lowest BCUT2D eigenvalue weighted by atomic mass is 9.86. The highest BCUT2D eigenvalue weighted by Crippen LogP contribution is 2.32. The van der Waals surface area contributed by atoms with E-state index in [-0.39, 0.29) is 0 Å². The van der Waals surface area contributed by atoms with E-state index in [9.17, 15) is 0 Å². The van der Waals surface area contributed by atoms with Gasteiger partial charge in [0.2, 0.25) is 0 Å². The van der Waals surface area contributed by atoms with Gasteiger partial charge in [0.15, 0.2) is 5.17 Å². The summed E-state index contributed by atoms with van der Waals surface area (Å²) in [5, 5.41) is 0.813. The lowest BCUT2D eigenvalue weighted by molar-refractivity contribution is 0.336. The highest BCUT2D eigenvalue weighted by atomic mass is 32.2. The quantitative estimate of drug-likeness (QED) is 0.600. The van der Waals surface area contributed by atoms with E-state index in [1.165, 1.54) is 31.4 Å². The fourth-order valence-electron chi connectivity index (χ4n) is 1.95. The SMILES string of the molecule is NC1=N[C@@H]2CCCC[C@H]2CS1. The lowest BCUT2D eigenvalue weighted by Crippen LogP contribution is -2.32. The van der Waals surface area contributed by atoms with Crippen LogP contribution >= 0.6 is 11.8 Å².